The molecular formula is C52H100O4. The molecule has 0 aromatic carbocycles. The fraction of sp³-hybridized carbons (Fsp3) is 0.962. The van der Waals surface area contributed by atoms with Crippen molar-refractivity contribution in [1.82, 2.24) is 0 Å². The van der Waals surface area contributed by atoms with Crippen molar-refractivity contribution < 1.29 is 19.8 Å². The molecule has 0 heterocycles. The molecule has 0 aliphatic heterocycles. The van der Waals surface area contributed by atoms with Crippen LogP contribution in [0.5, 0.6) is 0 Å². The lowest BCUT2D eigenvalue weighted by atomic mass is 9.52. The van der Waals surface area contributed by atoms with Gasteiger partial charge < -0.3 is 10.2 Å². The van der Waals surface area contributed by atoms with Crippen molar-refractivity contribution in [2.75, 3.05) is 0 Å². The van der Waals surface area contributed by atoms with E-state index < -0.39 is 11.9 Å². The van der Waals surface area contributed by atoms with Crippen LogP contribution in [-0.4, -0.2) is 22.2 Å². The number of carbonyl (C=O) groups is 2. The van der Waals surface area contributed by atoms with Gasteiger partial charge in [-0.25, -0.2) is 0 Å². The van der Waals surface area contributed by atoms with Gasteiger partial charge in [0.1, 0.15) is 0 Å². The topological polar surface area (TPSA) is 74.6 Å². The molecule has 0 aromatic heterocycles. The van der Waals surface area contributed by atoms with Crippen LogP contribution in [0.3, 0.4) is 0 Å². The van der Waals surface area contributed by atoms with Crippen molar-refractivity contribution in [2.24, 2.45) is 10.8 Å². The molecule has 0 aromatic rings. The number of carboxylic acids is 2. The normalized spacial score (nSPS) is 17.6. The second-order valence-electron chi connectivity index (χ2n) is 19.0. The third-order valence-electron chi connectivity index (χ3n) is 14.5. The Kier molecular flexibility index (Phi) is 36.1. The molecule has 0 amide bonds. The van der Waals surface area contributed by atoms with Crippen LogP contribution in [0.2, 0.25) is 0 Å². The summed E-state index contributed by atoms with van der Waals surface area (Å²) < 4.78 is 0. The van der Waals surface area contributed by atoms with Gasteiger partial charge in [-0.3, -0.25) is 9.59 Å². The lowest BCUT2D eigenvalue weighted by Crippen LogP contribution is -2.42. The van der Waals surface area contributed by atoms with Crippen molar-refractivity contribution in [1.29, 1.82) is 0 Å². The van der Waals surface area contributed by atoms with Crippen molar-refractivity contribution >= 4 is 11.9 Å². The zero-order chi connectivity index (χ0) is 40.7. The molecule has 0 spiro atoms. The molecule has 4 nitrogen and oxygen atoms in total. The molecule has 0 bridgehead atoms. The first-order chi connectivity index (χ1) is 27.4. The van der Waals surface area contributed by atoms with Gasteiger partial charge in [0, 0.05) is 12.8 Å². The Balaban J connectivity index is 2.74. The quantitative estimate of drug-likeness (QED) is 0.0607. The second-order valence-corrected chi connectivity index (χ2v) is 19.0. The molecule has 1 rings (SSSR count). The Bertz CT molecular complexity index is 833. The first-order valence-electron chi connectivity index (χ1n) is 25.8. The Hall–Kier alpha value is -1.06. The zero-order valence-corrected chi connectivity index (χ0v) is 38.2. The minimum atomic E-state index is -0.650. The van der Waals surface area contributed by atoms with Crippen LogP contribution in [0, 0.1) is 10.8 Å². The summed E-state index contributed by atoms with van der Waals surface area (Å²) in [5, 5.41) is 17.8. The summed E-state index contributed by atoms with van der Waals surface area (Å²) >= 11 is 0. The van der Waals surface area contributed by atoms with E-state index in [0.29, 0.717) is 23.7 Å². The van der Waals surface area contributed by atoms with Gasteiger partial charge in [0.25, 0.3) is 0 Å². The van der Waals surface area contributed by atoms with Gasteiger partial charge in [-0.05, 0) is 62.2 Å². The molecule has 1 atom stereocenters. The summed E-state index contributed by atoms with van der Waals surface area (Å²) in [6.45, 7) is 4.91. The number of carboxylic acid groups (broad SMARTS) is 2. The van der Waals surface area contributed by atoms with E-state index in [1.54, 1.807) is 0 Å². The smallest absolute Gasteiger partial charge is 0.303 e. The summed E-state index contributed by atoms with van der Waals surface area (Å²) in [4.78, 5) is 21.6. The van der Waals surface area contributed by atoms with Crippen LogP contribution in [0.4, 0.5) is 0 Å². The highest BCUT2D eigenvalue weighted by Crippen LogP contribution is 2.58. The van der Waals surface area contributed by atoms with Crippen LogP contribution >= 0.6 is 0 Å². The first-order valence-corrected chi connectivity index (χ1v) is 25.8. The summed E-state index contributed by atoms with van der Waals surface area (Å²) in [5.74, 6) is -1.30. The average molecular weight is 789 g/mol. The van der Waals surface area contributed by atoms with E-state index in [1.807, 2.05) is 0 Å². The third-order valence-corrected chi connectivity index (χ3v) is 14.5. The van der Waals surface area contributed by atoms with Gasteiger partial charge in [-0.15, -0.1) is 0 Å². The van der Waals surface area contributed by atoms with E-state index >= 15 is 0 Å². The molecule has 1 aliphatic rings. The van der Waals surface area contributed by atoms with Gasteiger partial charge in [0.2, 0.25) is 0 Å². The number of rotatable bonds is 40. The Labute approximate surface area is 350 Å². The minimum Gasteiger partial charge on any atom is -0.481 e. The first kappa shape index (κ1) is 53.0. The van der Waals surface area contributed by atoms with Crippen LogP contribution in [0.1, 0.15) is 309 Å². The Morgan fingerprint density at radius 3 is 0.893 bits per heavy atom. The maximum atomic E-state index is 10.8. The molecule has 1 aliphatic carbocycles. The van der Waals surface area contributed by atoms with E-state index in [1.165, 1.54) is 257 Å². The summed E-state index contributed by atoms with van der Waals surface area (Å²) in [5.41, 5.74) is 1.04. The highest BCUT2D eigenvalue weighted by Gasteiger charge is 2.47. The van der Waals surface area contributed by atoms with Crippen molar-refractivity contribution in [3.63, 3.8) is 0 Å². The van der Waals surface area contributed by atoms with Crippen LogP contribution in [-0.2, 0) is 9.59 Å². The Morgan fingerprint density at radius 1 is 0.339 bits per heavy atom. The van der Waals surface area contributed by atoms with E-state index in [2.05, 4.69) is 13.8 Å². The Morgan fingerprint density at radius 2 is 0.589 bits per heavy atom. The summed E-state index contributed by atoms with van der Waals surface area (Å²) in [7, 11) is 0. The molecule has 2 N–H and O–H groups in total. The molecule has 56 heavy (non-hydrogen) atoms. The van der Waals surface area contributed by atoms with Gasteiger partial charge in [-0.2, -0.15) is 0 Å². The maximum absolute atomic E-state index is 10.8. The molecule has 1 saturated carbocycles. The predicted octanol–water partition coefficient (Wildman–Crippen LogP) is 18.1. The SMILES string of the molecule is CCCCCCCCCCCCCCCCC1(CC)CCCCCCCCC1(CCCCCCCCCCCC(=O)O)CCCCCCCCCCCC(=O)O. The lowest BCUT2D eigenvalue weighted by molar-refractivity contribution is -0.138. The van der Waals surface area contributed by atoms with Gasteiger partial charge in [0.15, 0.2) is 0 Å². The second kappa shape index (κ2) is 38.2. The highest BCUT2D eigenvalue weighted by molar-refractivity contribution is 5.66. The van der Waals surface area contributed by atoms with Crippen LogP contribution in [0.25, 0.3) is 0 Å². The van der Waals surface area contributed by atoms with E-state index in [4.69, 9.17) is 10.2 Å². The predicted molar refractivity (Wildman–Crippen MR) is 244 cm³/mol. The molecule has 1 fully saturated rings. The molecule has 0 radical (unpaired) electrons. The van der Waals surface area contributed by atoms with Crippen LogP contribution in [0.15, 0.2) is 0 Å². The molecular weight excluding hydrogens is 689 g/mol. The zero-order valence-electron chi connectivity index (χ0n) is 38.2. The molecule has 332 valence electrons. The van der Waals surface area contributed by atoms with Crippen molar-refractivity contribution in [3.8, 4) is 0 Å². The minimum absolute atomic E-state index is 0.331. The number of hydrogen-bond acceptors (Lipinski definition) is 2. The van der Waals surface area contributed by atoms with E-state index in [9.17, 15) is 9.59 Å². The maximum Gasteiger partial charge on any atom is 0.303 e. The monoisotopic (exact) mass is 789 g/mol. The summed E-state index contributed by atoms with van der Waals surface area (Å²) in [6, 6.07) is 0. The lowest BCUT2D eigenvalue weighted by Gasteiger charge is -2.53. The van der Waals surface area contributed by atoms with Crippen molar-refractivity contribution in [2.45, 2.75) is 309 Å². The standard InChI is InChI=1S/C52H100O4/c1-3-5-6-7-8-9-10-11-12-13-18-23-30-37-44-51(4-2)45-38-31-26-27-34-41-48-52(51,46-39-32-24-19-14-16-21-28-35-42-49(53)54)47-40-33-25-20-15-17-22-29-36-43-50(55)56/h3-48H2,1-2H3,(H,53,54)(H,55,56). The number of hydrogen-bond donors (Lipinski definition) is 2. The third kappa shape index (κ3) is 28.4. The van der Waals surface area contributed by atoms with Gasteiger partial charge in [0.05, 0.1) is 0 Å². The molecule has 0 saturated heterocycles. The van der Waals surface area contributed by atoms with Crippen LogP contribution < -0.4 is 0 Å². The fourth-order valence-electron chi connectivity index (χ4n) is 10.8. The van der Waals surface area contributed by atoms with Gasteiger partial charge >= 0.3 is 11.9 Å². The van der Waals surface area contributed by atoms with E-state index in [-0.39, 0.29) is 0 Å². The average Bonchev–Trinajstić information content (AvgIpc) is 3.18. The molecule has 4 heteroatoms. The number of unbranched alkanes of at least 4 members (excludes halogenated alkanes) is 29. The van der Waals surface area contributed by atoms with Gasteiger partial charge in [-0.1, -0.05) is 245 Å². The molecule has 1 unspecified atom stereocenters. The largest absolute Gasteiger partial charge is 0.481 e. The number of aliphatic carboxylic acids is 2. The fourth-order valence-corrected chi connectivity index (χ4v) is 10.8. The highest BCUT2D eigenvalue weighted by atomic mass is 16.4. The van der Waals surface area contributed by atoms with Crippen molar-refractivity contribution in [3.05, 3.63) is 0 Å². The van der Waals surface area contributed by atoms with E-state index in [0.717, 1.165) is 25.7 Å². The summed E-state index contributed by atoms with van der Waals surface area (Å²) in [6.07, 6.45) is 60.8.